The van der Waals surface area contributed by atoms with Crippen LogP contribution in [-0.4, -0.2) is 92.8 Å². The zero-order chi connectivity index (χ0) is 30.6. The molecule has 1 amide bonds. The van der Waals surface area contributed by atoms with E-state index in [-0.39, 0.29) is 22.6 Å². The Morgan fingerprint density at radius 1 is 0.953 bits per heavy atom. The smallest absolute Gasteiger partial charge is 0.295 e. The molecule has 43 heavy (non-hydrogen) atoms. The van der Waals surface area contributed by atoms with E-state index in [9.17, 15) is 23.1 Å². The van der Waals surface area contributed by atoms with Crippen molar-refractivity contribution < 1.29 is 32.6 Å². The van der Waals surface area contributed by atoms with Gasteiger partial charge in [-0.15, -0.1) is 0 Å². The van der Waals surface area contributed by atoms with Gasteiger partial charge in [-0.05, 0) is 35.4 Å². The van der Waals surface area contributed by atoms with Crippen LogP contribution in [0.5, 0.6) is 5.75 Å². The number of carbonyl (C=O) groups is 2. The topological polar surface area (TPSA) is 117 Å². The summed E-state index contributed by atoms with van der Waals surface area (Å²) in [6.45, 7) is 3.79. The Morgan fingerprint density at radius 3 is 2.33 bits per heavy atom. The number of nitrogens with zero attached hydrogens (tertiary/aromatic N) is 3. The predicted molar refractivity (Wildman–Crippen MR) is 161 cm³/mol. The fourth-order valence-electron chi connectivity index (χ4n) is 5.19. The van der Waals surface area contributed by atoms with Gasteiger partial charge in [0.1, 0.15) is 18.1 Å². The van der Waals surface area contributed by atoms with E-state index in [1.54, 1.807) is 24.3 Å². The maximum atomic E-state index is 13.5. The van der Waals surface area contributed by atoms with Gasteiger partial charge >= 0.3 is 0 Å². The molecule has 2 aliphatic heterocycles. The normalized spacial score (nSPS) is 19.2. The number of Topliss-reactive ketones (excluding diaryl/α,β-unsaturated/α-hetero) is 1. The number of likely N-dealkylation sites (tertiary alicyclic amines) is 1. The molecule has 0 saturated carbocycles. The molecule has 2 fully saturated rings. The number of amides is 1. The molecule has 2 aliphatic rings. The fourth-order valence-corrected chi connectivity index (χ4v) is 6.14. The minimum Gasteiger partial charge on any atom is -0.507 e. The number of rotatable bonds is 10. The number of hydrogen-bond acceptors (Lipinski definition) is 8. The van der Waals surface area contributed by atoms with Crippen LogP contribution < -0.4 is 4.74 Å². The van der Waals surface area contributed by atoms with E-state index in [1.165, 1.54) is 43.3 Å². The molecule has 0 bridgehead atoms. The van der Waals surface area contributed by atoms with E-state index in [2.05, 4.69) is 4.90 Å². The van der Waals surface area contributed by atoms with Crippen LogP contribution in [0.3, 0.4) is 0 Å². The van der Waals surface area contributed by atoms with Crippen molar-refractivity contribution in [3.8, 4) is 5.75 Å². The molecule has 3 aromatic rings. The monoisotopic (exact) mass is 605 g/mol. The number of sulfonamides is 1. The van der Waals surface area contributed by atoms with E-state index >= 15 is 0 Å². The van der Waals surface area contributed by atoms with Crippen molar-refractivity contribution in [2.75, 3.05) is 53.5 Å². The SMILES string of the molecule is CN(C)S(=O)(=O)c1cccc(/C(O)=C2\C(=O)C(=O)N(CCN3CCOCC3)C2c2ccc(OCc3ccccc3)cc2)c1. The zero-order valence-electron chi connectivity index (χ0n) is 24.2. The molecule has 0 radical (unpaired) electrons. The van der Waals surface area contributed by atoms with Crippen molar-refractivity contribution in [3.63, 3.8) is 0 Å². The van der Waals surface area contributed by atoms with E-state index in [0.717, 1.165) is 23.0 Å². The number of carbonyl (C=O) groups excluding carboxylic acids is 2. The van der Waals surface area contributed by atoms with Crippen molar-refractivity contribution in [2.45, 2.75) is 17.5 Å². The molecule has 3 aromatic carbocycles. The summed E-state index contributed by atoms with van der Waals surface area (Å²) in [5, 5.41) is 11.5. The lowest BCUT2D eigenvalue weighted by atomic mass is 9.95. The lowest BCUT2D eigenvalue weighted by Crippen LogP contribution is -2.42. The second kappa shape index (κ2) is 13.1. The third-order valence-corrected chi connectivity index (χ3v) is 9.44. The fraction of sp³-hybridized carbons (Fsp3) is 0.312. The maximum absolute atomic E-state index is 13.5. The number of aliphatic hydroxyl groups is 1. The Morgan fingerprint density at radius 2 is 1.65 bits per heavy atom. The van der Waals surface area contributed by atoms with Crippen molar-refractivity contribution in [1.82, 2.24) is 14.1 Å². The Hall–Kier alpha value is -4.03. The first kappa shape index (κ1) is 30.4. The molecular weight excluding hydrogens is 570 g/mol. The molecule has 2 saturated heterocycles. The van der Waals surface area contributed by atoms with Gasteiger partial charge in [-0.2, -0.15) is 0 Å². The third-order valence-electron chi connectivity index (χ3n) is 7.63. The van der Waals surface area contributed by atoms with Crippen LogP contribution in [0.4, 0.5) is 0 Å². The molecule has 10 nitrogen and oxygen atoms in total. The van der Waals surface area contributed by atoms with Crippen LogP contribution in [0, 0.1) is 0 Å². The first-order valence-corrected chi connectivity index (χ1v) is 15.5. The van der Waals surface area contributed by atoms with Gasteiger partial charge in [-0.3, -0.25) is 14.5 Å². The van der Waals surface area contributed by atoms with E-state index in [0.29, 0.717) is 37.7 Å². The van der Waals surface area contributed by atoms with E-state index < -0.39 is 33.5 Å². The van der Waals surface area contributed by atoms with Gasteiger partial charge in [0.25, 0.3) is 11.7 Å². The van der Waals surface area contributed by atoms with E-state index in [4.69, 9.17) is 9.47 Å². The Labute approximate surface area is 251 Å². The molecule has 0 spiro atoms. The summed E-state index contributed by atoms with van der Waals surface area (Å²) in [5.74, 6) is -1.37. The Balaban J connectivity index is 1.50. The predicted octanol–water partition coefficient (Wildman–Crippen LogP) is 3.27. The minimum atomic E-state index is -3.80. The van der Waals surface area contributed by atoms with Gasteiger partial charge in [0.15, 0.2) is 0 Å². The first-order chi connectivity index (χ1) is 20.7. The lowest BCUT2D eigenvalue weighted by Gasteiger charge is -2.31. The highest BCUT2D eigenvalue weighted by Gasteiger charge is 2.46. The van der Waals surface area contributed by atoms with Gasteiger partial charge in [0, 0.05) is 45.8 Å². The molecule has 11 heteroatoms. The molecular formula is C32H35N3O7S. The summed E-state index contributed by atoms with van der Waals surface area (Å²) in [7, 11) is -0.977. The maximum Gasteiger partial charge on any atom is 0.295 e. The number of hydrogen-bond donors (Lipinski definition) is 1. The Kier molecular flexibility index (Phi) is 9.26. The number of ether oxygens (including phenoxy) is 2. The highest BCUT2D eigenvalue weighted by molar-refractivity contribution is 7.89. The highest BCUT2D eigenvalue weighted by Crippen LogP contribution is 2.40. The van der Waals surface area contributed by atoms with Crippen molar-refractivity contribution in [1.29, 1.82) is 0 Å². The Bertz CT molecular complexity index is 1600. The lowest BCUT2D eigenvalue weighted by molar-refractivity contribution is -0.140. The molecule has 0 aromatic heterocycles. The molecule has 1 N–H and O–H groups in total. The third kappa shape index (κ3) is 6.65. The van der Waals surface area contributed by atoms with Gasteiger partial charge in [0.05, 0.1) is 29.7 Å². The number of ketones is 1. The average Bonchev–Trinajstić information content (AvgIpc) is 3.28. The van der Waals surface area contributed by atoms with Gasteiger partial charge in [-0.1, -0.05) is 54.6 Å². The molecule has 0 aliphatic carbocycles. The summed E-state index contributed by atoms with van der Waals surface area (Å²) >= 11 is 0. The van der Waals surface area contributed by atoms with Gasteiger partial charge in [-0.25, -0.2) is 12.7 Å². The van der Waals surface area contributed by atoms with Crippen molar-refractivity contribution in [3.05, 3.63) is 101 Å². The number of aliphatic hydroxyl groups excluding tert-OH is 1. The van der Waals surface area contributed by atoms with Crippen LogP contribution in [0.2, 0.25) is 0 Å². The van der Waals surface area contributed by atoms with E-state index in [1.807, 2.05) is 30.3 Å². The van der Waals surface area contributed by atoms with Gasteiger partial charge in [0.2, 0.25) is 10.0 Å². The molecule has 5 rings (SSSR count). The van der Waals surface area contributed by atoms with Crippen LogP contribution >= 0.6 is 0 Å². The largest absolute Gasteiger partial charge is 0.507 e. The van der Waals surface area contributed by atoms with Crippen molar-refractivity contribution in [2.24, 2.45) is 0 Å². The molecule has 1 atom stereocenters. The van der Waals surface area contributed by atoms with Crippen LogP contribution in [0.1, 0.15) is 22.7 Å². The zero-order valence-corrected chi connectivity index (χ0v) is 25.0. The molecule has 226 valence electrons. The average molecular weight is 606 g/mol. The second-order valence-electron chi connectivity index (χ2n) is 10.6. The van der Waals surface area contributed by atoms with Crippen LogP contribution in [0.25, 0.3) is 5.76 Å². The summed E-state index contributed by atoms with van der Waals surface area (Å²) < 4.78 is 38.0. The number of morpholine rings is 1. The summed E-state index contributed by atoms with van der Waals surface area (Å²) in [6, 6.07) is 21.7. The summed E-state index contributed by atoms with van der Waals surface area (Å²) in [5.41, 5.74) is 1.67. The summed E-state index contributed by atoms with van der Waals surface area (Å²) in [4.78, 5) is 30.5. The van der Waals surface area contributed by atoms with Gasteiger partial charge < -0.3 is 19.5 Å². The molecule has 1 unspecified atom stereocenters. The first-order valence-electron chi connectivity index (χ1n) is 14.0. The van der Waals surface area contributed by atoms with Crippen LogP contribution in [0.15, 0.2) is 89.3 Å². The van der Waals surface area contributed by atoms with Crippen LogP contribution in [-0.2, 0) is 31.0 Å². The quantitative estimate of drug-likeness (QED) is 0.213. The highest BCUT2D eigenvalue weighted by atomic mass is 32.2. The standard InChI is InChI=1S/C32H35N3O7S/c1-33(2)43(39,40)27-10-6-9-25(21-27)30(36)28-29(35(32(38)31(28)37)16-15-34-17-19-41-20-18-34)24-11-13-26(14-12-24)42-22-23-7-4-3-5-8-23/h3-14,21,29,36H,15-20,22H2,1-2H3/b30-28+. The molecule has 2 heterocycles. The minimum absolute atomic E-state index is 0.0421. The number of benzene rings is 3. The summed E-state index contributed by atoms with van der Waals surface area (Å²) in [6.07, 6.45) is 0. The van der Waals surface area contributed by atoms with Crippen molar-refractivity contribution >= 4 is 27.5 Å². The second-order valence-corrected chi connectivity index (χ2v) is 12.8.